The van der Waals surface area contributed by atoms with Crippen LogP contribution in [0, 0.1) is 0 Å². The fraction of sp³-hybridized carbons (Fsp3) is 0.240. The van der Waals surface area contributed by atoms with Gasteiger partial charge in [-0.25, -0.2) is 4.79 Å². The third-order valence-electron chi connectivity index (χ3n) is 5.06. The standard InChI is InChI=1S/C25H23ClO4/c1-2-28-25(27)24(30-23-13-6-17-4-3-5-19(17)16-23)18-7-11-21(12-8-18)29-22-14-9-20(26)10-15-22/h6-16,24H,2-5H2,1H3. The van der Waals surface area contributed by atoms with Crippen LogP contribution in [0.3, 0.4) is 0 Å². The summed E-state index contributed by atoms with van der Waals surface area (Å²) < 4.78 is 17.2. The lowest BCUT2D eigenvalue weighted by molar-refractivity contribution is -0.151. The smallest absolute Gasteiger partial charge is 0.352 e. The number of halogens is 1. The van der Waals surface area contributed by atoms with E-state index in [0.29, 0.717) is 34.4 Å². The van der Waals surface area contributed by atoms with Crippen molar-refractivity contribution in [1.82, 2.24) is 0 Å². The summed E-state index contributed by atoms with van der Waals surface area (Å²) in [5.74, 6) is 1.60. The zero-order valence-corrected chi connectivity index (χ0v) is 17.5. The lowest BCUT2D eigenvalue weighted by Gasteiger charge is -2.19. The minimum Gasteiger partial charge on any atom is -0.474 e. The summed E-state index contributed by atoms with van der Waals surface area (Å²) in [6, 6.07) is 20.4. The fourth-order valence-electron chi connectivity index (χ4n) is 3.58. The third kappa shape index (κ3) is 4.77. The van der Waals surface area contributed by atoms with Crippen LogP contribution in [0.25, 0.3) is 0 Å². The monoisotopic (exact) mass is 422 g/mol. The van der Waals surface area contributed by atoms with Crippen molar-refractivity contribution in [2.45, 2.75) is 32.3 Å². The van der Waals surface area contributed by atoms with Crippen molar-refractivity contribution >= 4 is 17.6 Å². The molecular weight excluding hydrogens is 400 g/mol. The molecule has 3 aromatic rings. The number of hydrogen-bond donors (Lipinski definition) is 0. The Bertz CT molecular complexity index is 1010. The van der Waals surface area contributed by atoms with Gasteiger partial charge in [-0.1, -0.05) is 29.8 Å². The molecule has 0 aromatic heterocycles. The van der Waals surface area contributed by atoms with Crippen LogP contribution >= 0.6 is 11.6 Å². The molecule has 1 atom stereocenters. The van der Waals surface area contributed by atoms with Crippen LogP contribution in [0.15, 0.2) is 66.7 Å². The minimum atomic E-state index is -0.839. The van der Waals surface area contributed by atoms with Crippen molar-refractivity contribution in [2.24, 2.45) is 0 Å². The molecule has 0 fully saturated rings. The molecule has 0 amide bonds. The van der Waals surface area contributed by atoms with Gasteiger partial charge in [0.1, 0.15) is 17.2 Å². The van der Waals surface area contributed by atoms with Gasteiger partial charge in [0.05, 0.1) is 6.61 Å². The molecule has 1 unspecified atom stereocenters. The molecule has 4 nitrogen and oxygen atoms in total. The Kier molecular flexibility index (Phi) is 6.24. The van der Waals surface area contributed by atoms with E-state index in [-0.39, 0.29) is 0 Å². The first-order chi connectivity index (χ1) is 14.6. The van der Waals surface area contributed by atoms with E-state index in [0.717, 1.165) is 19.3 Å². The van der Waals surface area contributed by atoms with E-state index in [1.165, 1.54) is 11.1 Å². The first-order valence-electron chi connectivity index (χ1n) is 10.1. The molecule has 0 radical (unpaired) electrons. The Morgan fingerprint density at radius 1 is 0.900 bits per heavy atom. The van der Waals surface area contributed by atoms with Gasteiger partial charge in [0.25, 0.3) is 0 Å². The zero-order chi connectivity index (χ0) is 20.9. The topological polar surface area (TPSA) is 44.8 Å². The molecule has 0 aliphatic heterocycles. The second-order valence-corrected chi connectivity index (χ2v) is 7.60. The van der Waals surface area contributed by atoms with Crippen molar-refractivity contribution in [3.05, 3.63) is 88.4 Å². The van der Waals surface area contributed by atoms with E-state index >= 15 is 0 Å². The Morgan fingerprint density at radius 2 is 1.53 bits per heavy atom. The first kappa shape index (κ1) is 20.3. The summed E-state index contributed by atoms with van der Waals surface area (Å²) >= 11 is 5.91. The van der Waals surface area contributed by atoms with Crippen LogP contribution in [0.4, 0.5) is 0 Å². The van der Waals surface area contributed by atoms with Gasteiger partial charge < -0.3 is 14.2 Å². The molecule has 154 valence electrons. The summed E-state index contributed by atoms with van der Waals surface area (Å²) in [6.45, 7) is 2.08. The molecule has 3 aromatic carbocycles. The number of hydrogen-bond acceptors (Lipinski definition) is 4. The molecule has 0 N–H and O–H groups in total. The van der Waals surface area contributed by atoms with Crippen LogP contribution < -0.4 is 9.47 Å². The molecule has 0 bridgehead atoms. The van der Waals surface area contributed by atoms with Crippen molar-refractivity contribution in [1.29, 1.82) is 0 Å². The molecule has 5 heteroatoms. The molecule has 1 aliphatic rings. The maximum Gasteiger partial charge on any atom is 0.352 e. The van der Waals surface area contributed by atoms with Crippen molar-refractivity contribution < 1.29 is 19.0 Å². The van der Waals surface area contributed by atoms with Gasteiger partial charge in [-0.3, -0.25) is 0 Å². The second kappa shape index (κ2) is 9.23. The molecular formula is C25H23ClO4. The van der Waals surface area contributed by atoms with Gasteiger partial charge in [-0.15, -0.1) is 0 Å². The number of esters is 1. The number of rotatable bonds is 7. The van der Waals surface area contributed by atoms with E-state index < -0.39 is 12.1 Å². The quantitative estimate of drug-likeness (QED) is 0.419. The molecule has 4 rings (SSSR count). The Morgan fingerprint density at radius 3 is 2.23 bits per heavy atom. The van der Waals surface area contributed by atoms with Crippen molar-refractivity contribution in [2.75, 3.05) is 6.61 Å². The largest absolute Gasteiger partial charge is 0.474 e. The highest BCUT2D eigenvalue weighted by Crippen LogP contribution is 2.31. The second-order valence-electron chi connectivity index (χ2n) is 7.16. The number of ether oxygens (including phenoxy) is 3. The number of benzene rings is 3. The van der Waals surface area contributed by atoms with E-state index in [9.17, 15) is 4.79 Å². The summed E-state index contributed by atoms with van der Waals surface area (Å²) in [4.78, 5) is 12.6. The van der Waals surface area contributed by atoms with E-state index in [2.05, 4.69) is 6.07 Å². The molecule has 0 heterocycles. The highest BCUT2D eigenvalue weighted by atomic mass is 35.5. The average molecular weight is 423 g/mol. The number of carbonyl (C=O) groups is 1. The number of aryl methyl sites for hydroxylation is 2. The number of carbonyl (C=O) groups excluding carboxylic acids is 1. The summed E-state index contributed by atoms with van der Waals surface area (Å²) in [5.41, 5.74) is 3.36. The Balaban J connectivity index is 1.53. The SMILES string of the molecule is CCOC(=O)C(Oc1ccc2c(c1)CCC2)c1ccc(Oc2ccc(Cl)cc2)cc1. The molecule has 0 saturated heterocycles. The van der Waals surface area contributed by atoms with Gasteiger partial charge in [-0.05, 0) is 85.8 Å². The lowest BCUT2D eigenvalue weighted by Crippen LogP contribution is -2.21. The summed E-state index contributed by atoms with van der Waals surface area (Å²) in [5, 5.41) is 0.652. The maximum atomic E-state index is 12.6. The molecule has 1 aliphatic carbocycles. The Labute approximate surface area is 181 Å². The maximum absolute atomic E-state index is 12.6. The first-order valence-corrected chi connectivity index (χ1v) is 10.5. The van der Waals surface area contributed by atoms with Crippen LogP contribution in [-0.2, 0) is 22.4 Å². The predicted octanol–water partition coefficient (Wildman–Crippen LogP) is 6.30. The van der Waals surface area contributed by atoms with E-state index in [4.69, 9.17) is 25.8 Å². The van der Waals surface area contributed by atoms with Gasteiger partial charge in [0, 0.05) is 10.6 Å². The average Bonchev–Trinajstić information content (AvgIpc) is 3.22. The zero-order valence-electron chi connectivity index (χ0n) is 16.8. The normalized spacial score (nSPS) is 13.4. The highest BCUT2D eigenvalue weighted by molar-refractivity contribution is 6.30. The van der Waals surface area contributed by atoms with Crippen molar-refractivity contribution in [3.8, 4) is 17.2 Å². The van der Waals surface area contributed by atoms with Crippen LogP contribution in [0.2, 0.25) is 5.02 Å². The minimum absolute atomic E-state index is 0.292. The predicted molar refractivity (Wildman–Crippen MR) is 116 cm³/mol. The number of fused-ring (bicyclic) bond motifs is 1. The molecule has 0 spiro atoms. The van der Waals surface area contributed by atoms with Crippen molar-refractivity contribution in [3.63, 3.8) is 0 Å². The lowest BCUT2D eigenvalue weighted by atomic mass is 10.1. The summed E-state index contributed by atoms with van der Waals surface area (Å²) in [6.07, 6.45) is 2.48. The van der Waals surface area contributed by atoms with Gasteiger partial charge in [0.2, 0.25) is 6.10 Å². The Hall–Kier alpha value is -2.98. The highest BCUT2D eigenvalue weighted by Gasteiger charge is 2.25. The van der Waals surface area contributed by atoms with Gasteiger partial charge in [-0.2, -0.15) is 0 Å². The third-order valence-corrected chi connectivity index (χ3v) is 5.31. The molecule has 0 saturated carbocycles. The van der Waals surface area contributed by atoms with Gasteiger partial charge in [0.15, 0.2) is 0 Å². The van der Waals surface area contributed by atoms with E-state index in [1.807, 2.05) is 36.4 Å². The molecule has 30 heavy (non-hydrogen) atoms. The van der Waals surface area contributed by atoms with Gasteiger partial charge >= 0.3 is 5.97 Å². The summed E-state index contributed by atoms with van der Waals surface area (Å²) in [7, 11) is 0. The van der Waals surface area contributed by atoms with E-state index in [1.54, 1.807) is 31.2 Å². The fourth-order valence-corrected chi connectivity index (χ4v) is 3.70. The van der Waals surface area contributed by atoms with Crippen LogP contribution in [0.5, 0.6) is 17.2 Å². The van der Waals surface area contributed by atoms with Crippen LogP contribution in [-0.4, -0.2) is 12.6 Å². The van der Waals surface area contributed by atoms with Crippen LogP contribution in [0.1, 0.15) is 36.1 Å².